The van der Waals surface area contributed by atoms with Gasteiger partial charge in [0, 0.05) is 30.9 Å². The van der Waals surface area contributed by atoms with E-state index < -0.39 is 10.0 Å². The number of rotatable bonds is 5. The topological polar surface area (TPSA) is 76.5 Å². The monoisotopic (exact) mass is 386 g/mol. The summed E-state index contributed by atoms with van der Waals surface area (Å²) in [6, 6.07) is 8.22. The molecule has 27 heavy (non-hydrogen) atoms. The highest BCUT2D eigenvalue weighted by Gasteiger charge is 2.27. The van der Waals surface area contributed by atoms with Gasteiger partial charge in [0.2, 0.25) is 10.0 Å². The molecule has 0 bridgehead atoms. The SMILES string of the molecule is O=C(Cn1cc(S(=O)(=O)N2CCCC2)ccc1=O)c1ccc2c(c1)CCC2. The van der Waals surface area contributed by atoms with Crippen LogP contribution >= 0.6 is 0 Å². The van der Waals surface area contributed by atoms with Crippen LogP contribution in [0.5, 0.6) is 0 Å². The van der Waals surface area contributed by atoms with Crippen LogP contribution in [0.25, 0.3) is 0 Å². The first-order valence-electron chi connectivity index (χ1n) is 9.31. The molecule has 1 aliphatic carbocycles. The molecular weight excluding hydrogens is 364 g/mol. The summed E-state index contributed by atoms with van der Waals surface area (Å²) in [5.41, 5.74) is 2.65. The van der Waals surface area contributed by atoms with Gasteiger partial charge in [-0.15, -0.1) is 0 Å². The fourth-order valence-corrected chi connectivity index (χ4v) is 5.39. The first kappa shape index (κ1) is 18.1. The minimum atomic E-state index is -3.62. The van der Waals surface area contributed by atoms with Gasteiger partial charge in [-0.3, -0.25) is 9.59 Å². The lowest BCUT2D eigenvalue weighted by Gasteiger charge is -2.16. The second kappa shape index (κ2) is 7.05. The van der Waals surface area contributed by atoms with Gasteiger partial charge in [0.15, 0.2) is 5.78 Å². The third kappa shape index (κ3) is 3.49. The summed E-state index contributed by atoms with van der Waals surface area (Å²) in [7, 11) is -3.62. The highest BCUT2D eigenvalue weighted by molar-refractivity contribution is 7.89. The number of aryl methyl sites for hydroxylation is 2. The molecular formula is C20H22N2O4S. The predicted octanol–water partition coefficient (Wildman–Crippen LogP) is 2.00. The summed E-state index contributed by atoms with van der Waals surface area (Å²) >= 11 is 0. The second-order valence-electron chi connectivity index (χ2n) is 7.20. The Bertz CT molecular complexity index is 1050. The van der Waals surface area contributed by atoms with Crippen molar-refractivity contribution in [1.82, 2.24) is 8.87 Å². The van der Waals surface area contributed by atoms with Crippen molar-refractivity contribution in [2.45, 2.75) is 43.5 Å². The molecule has 6 nitrogen and oxygen atoms in total. The van der Waals surface area contributed by atoms with Gasteiger partial charge < -0.3 is 4.57 Å². The van der Waals surface area contributed by atoms with Crippen LogP contribution in [0, 0.1) is 0 Å². The molecule has 7 heteroatoms. The van der Waals surface area contributed by atoms with Crippen LogP contribution in [-0.2, 0) is 29.4 Å². The van der Waals surface area contributed by atoms with Crippen LogP contribution in [0.2, 0.25) is 0 Å². The molecule has 2 aliphatic rings. The van der Waals surface area contributed by atoms with E-state index in [1.54, 1.807) is 6.07 Å². The van der Waals surface area contributed by atoms with E-state index in [1.807, 2.05) is 12.1 Å². The number of hydrogen-bond donors (Lipinski definition) is 0. The van der Waals surface area contributed by atoms with E-state index in [1.165, 1.54) is 38.3 Å². The Labute approximate surface area is 158 Å². The molecule has 2 aromatic rings. The zero-order valence-corrected chi connectivity index (χ0v) is 15.9. The molecule has 4 rings (SSSR count). The lowest BCUT2D eigenvalue weighted by atomic mass is 10.0. The first-order valence-corrected chi connectivity index (χ1v) is 10.7. The largest absolute Gasteiger partial charge is 0.306 e. The molecule has 1 aliphatic heterocycles. The summed E-state index contributed by atoms with van der Waals surface area (Å²) in [4.78, 5) is 24.9. The number of ketones is 1. The Hall–Kier alpha value is -2.25. The number of fused-ring (bicyclic) bond motifs is 1. The Morgan fingerprint density at radius 3 is 2.48 bits per heavy atom. The molecule has 1 fully saturated rings. The standard InChI is InChI=1S/C20H22N2O4S/c23-19(17-7-6-15-4-3-5-16(15)12-17)14-21-13-18(8-9-20(21)24)27(25,26)22-10-1-2-11-22/h6-9,12-13H,1-5,10-11,14H2. The van der Waals surface area contributed by atoms with Gasteiger partial charge in [0.05, 0.1) is 11.4 Å². The maximum Gasteiger partial charge on any atom is 0.251 e. The van der Waals surface area contributed by atoms with Gasteiger partial charge in [0.25, 0.3) is 5.56 Å². The first-order chi connectivity index (χ1) is 12.9. The molecule has 1 aromatic heterocycles. The molecule has 0 amide bonds. The van der Waals surface area contributed by atoms with Crippen LogP contribution in [0.15, 0.2) is 46.2 Å². The number of benzene rings is 1. The zero-order chi connectivity index (χ0) is 19.0. The molecule has 0 spiro atoms. The van der Waals surface area contributed by atoms with Gasteiger partial charge >= 0.3 is 0 Å². The molecule has 142 valence electrons. The number of carbonyl (C=O) groups excluding carboxylic acids is 1. The number of sulfonamides is 1. The molecule has 1 saturated heterocycles. The Kier molecular flexibility index (Phi) is 4.74. The molecule has 0 atom stereocenters. The van der Waals surface area contributed by atoms with E-state index in [0.717, 1.165) is 32.1 Å². The van der Waals surface area contributed by atoms with Gasteiger partial charge in [-0.05, 0) is 55.4 Å². The lowest BCUT2D eigenvalue weighted by molar-refractivity contribution is 0.0970. The van der Waals surface area contributed by atoms with Crippen LogP contribution in [-0.4, -0.2) is 36.2 Å². The van der Waals surface area contributed by atoms with E-state index in [0.29, 0.717) is 18.7 Å². The lowest BCUT2D eigenvalue weighted by Crippen LogP contribution is -2.30. The molecule has 0 N–H and O–H groups in total. The Morgan fingerprint density at radius 2 is 1.70 bits per heavy atom. The number of hydrogen-bond acceptors (Lipinski definition) is 4. The maximum atomic E-state index is 12.7. The van der Waals surface area contributed by atoms with Crippen LogP contribution in [0.4, 0.5) is 0 Å². The van der Waals surface area contributed by atoms with E-state index in [-0.39, 0.29) is 22.8 Å². The number of aromatic nitrogens is 1. The quantitative estimate of drug-likeness (QED) is 0.737. The van der Waals surface area contributed by atoms with Crippen molar-refractivity contribution < 1.29 is 13.2 Å². The number of carbonyl (C=O) groups is 1. The fraction of sp³-hybridized carbons (Fsp3) is 0.400. The van der Waals surface area contributed by atoms with Crippen molar-refractivity contribution in [2.24, 2.45) is 0 Å². The smallest absolute Gasteiger partial charge is 0.251 e. The van der Waals surface area contributed by atoms with E-state index >= 15 is 0 Å². The van der Waals surface area contributed by atoms with Crippen molar-refractivity contribution >= 4 is 15.8 Å². The van der Waals surface area contributed by atoms with Gasteiger partial charge in [-0.25, -0.2) is 8.42 Å². The predicted molar refractivity (Wildman–Crippen MR) is 101 cm³/mol. The number of pyridine rings is 1. The zero-order valence-electron chi connectivity index (χ0n) is 15.1. The second-order valence-corrected chi connectivity index (χ2v) is 9.14. The van der Waals surface area contributed by atoms with Gasteiger partial charge in [0.1, 0.15) is 0 Å². The minimum absolute atomic E-state index is 0.0609. The fourth-order valence-electron chi connectivity index (χ4n) is 3.85. The molecule has 0 radical (unpaired) electrons. The summed E-state index contributed by atoms with van der Waals surface area (Å²) < 4.78 is 28.0. The molecule has 2 heterocycles. The molecule has 0 unspecified atom stereocenters. The van der Waals surface area contributed by atoms with Crippen LogP contribution in [0.3, 0.4) is 0 Å². The van der Waals surface area contributed by atoms with Crippen molar-refractivity contribution in [1.29, 1.82) is 0 Å². The third-order valence-electron chi connectivity index (χ3n) is 5.39. The highest BCUT2D eigenvalue weighted by Crippen LogP contribution is 2.23. The highest BCUT2D eigenvalue weighted by atomic mass is 32.2. The van der Waals surface area contributed by atoms with E-state index in [9.17, 15) is 18.0 Å². The average molecular weight is 386 g/mol. The molecule has 1 aromatic carbocycles. The number of Topliss-reactive ketones (excluding diaryl/α,β-unsaturated/α-hetero) is 1. The third-order valence-corrected chi connectivity index (χ3v) is 7.28. The Balaban J connectivity index is 1.60. The summed E-state index contributed by atoms with van der Waals surface area (Å²) in [6.45, 7) is 0.825. The van der Waals surface area contributed by atoms with E-state index in [4.69, 9.17) is 0 Å². The van der Waals surface area contributed by atoms with Gasteiger partial charge in [-0.1, -0.05) is 12.1 Å². The Morgan fingerprint density at radius 1 is 0.963 bits per heavy atom. The summed E-state index contributed by atoms with van der Waals surface area (Å²) in [6.07, 6.45) is 6.09. The normalized spacial score (nSPS) is 17.2. The minimum Gasteiger partial charge on any atom is -0.306 e. The van der Waals surface area contributed by atoms with Crippen molar-refractivity contribution in [3.8, 4) is 0 Å². The van der Waals surface area contributed by atoms with Crippen LogP contribution < -0.4 is 5.56 Å². The molecule has 0 saturated carbocycles. The van der Waals surface area contributed by atoms with Gasteiger partial charge in [-0.2, -0.15) is 4.31 Å². The van der Waals surface area contributed by atoms with Crippen molar-refractivity contribution in [3.05, 3.63) is 63.6 Å². The summed E-state index contributed by atoms with van der Waals surface area (Å²) in [5, 5.41) is 0. The average Bonchev–Trinajstić information content (AvgIpc) is 3.34. The maximum absolute atomic E-state index is 12.7. The van der Waals surface area contributed by atoms with Crippen LogP contribution in [0.1, 0.15) is 40.7 Å². The number of nitrogens with zero attached hydrogens (tertiary/aromatic N) is 2. The van der Waals surface area contributed by atoms with E-state index in [2.05, 4.69) is 0 Å². The van der Waals surface area contributed by atoms with Crippen molar-refractivity contribution in [2.75, 3.05) is 13.1 Å². The summed E-state index contributed by atoms with van der Waals surface area (Å²) in [5.74, 6) is -0.192. The van der Waals surface area contributed by atoms with Crippen molar-refractivity contribution in [3.63, 3.8) is 0 Å².